The molecule has 0 aliphatic heterocycles. The Morgan fingerprint density at radius 3 is 2.80 bits per heavy atom. The minimum atomic E-state index is -0.473. The van der Waals surface area contributed by atoms with Crippen molar-refractivity contribution < 1.29 is 10.0 Å². The van der Waals surface area contributed by atoms with Gasteiger partial charge in [0.25, 0.3) is 0 Å². The van der Waals surface area contributed by atoms with Crippen LogP contribution in [0.1, 0.15) is 24.8 Å². The summed E-state index contributed by atoms with van der Waals surface area (Å²) >= 11 is 0. The molecular weight excluding hydrogens is 198 g/mol. The van der Waals surface area contributed by atoms with Crippen LogP contribution in [-0.2, 0) is 6.54 Å². The lowest BCUT2D eigenvalue weighted by Gasteiger charge is -1.95. The van der Waals surface area contributed by atoms with E-state index in [1.54, 1.807) is 17.8 Å². The van der Waals surface area contributed by atoms with Crippen molar-refractivity contribution in [3.05, 3.63) is 21.9 Å². The van der Waals surface area contributed by atoms with Crippen molar-refractivity contribution in [2.75, 3.05) is 6.61 Å². The van der Waals surface area contributed by atoms with E-state index in [2.05, 4.69) is 5.10 Å². The van der Waals surface area contributed by atoms with Crippen LogP contribution in [-0.4, -0.2) is 26.4 Å². The van der Waals surface area contributed by atoms with Crippen molar-refractivity contribution in [1.82, 2.24) is 9.78 Å². The predicted molar refractivity (Wildman–Crippen MR) is 54.6 cm³/mol. The van der Waals surface area contributed by atoms with Gasteiger partial charge in [-0.15, -0.1) is 0 Å². The minimum absolute atomic E-state index is 0.0721. The molecule has 0 bridgehead atoms. The molecule has 0 aliphatic rings. The molecule has 6 nitrogen and oxygen atoms in total. The molecule has 1 aromatic heterocycles. The van der Waals surface area contributed by atoms with E-state index in [1.807, 2.05) is 0 Å². The summed E-state index contributed by atoms with van der Waals surface area (Å²) in [6, 6.07) is 0. The lowest BCUT2D eigenvalue weighted by Crippen LogP contribution is -2.00. The minimum Gasteiger partial charge on any atom is -0.396 e. The highest BCUT2D eigenvalue weighted by Crippen LogP contribution is 2.14. The van der Waals surface area contributed by atoms with E-state index in [-0.39, 0.29) is 12.4 Å². The van der Waals surface area contributed by atoms with Crippen molar-refractivity contribution in [2.24, 2.45) is 0 Å². The molecule has 0 unspecified atom stereocenters. The van der Waals surface area contributed by atoms with Crippen LogP contribution in [0.2, 0.25) is 0 Å². The Hall–Kier alpha value is -1.43. The summed E-state index contributed by atoms with van der Waals surface area (Å²) < 4.78 is 1.59. The summed E-state index contributed by atoms with van der Waals surface area (Å²) in [5.41, 5.74) is 0.585. The number of aryl methyl sites for hydroxylation is 2. The summed E-state index contributed by atoms with van der Waals surface area (Å²) in [5, 5.41) is 22.9. The van der Waals surface area contributed by atoms with Gasteiger partial charge in [-0.25, -0.2) is 0 Å². The molecule has 1 N–H and O–H groups in total. The molecule has 84 valence electrons. The number of aliphatic hydroxyl groups excluding tert-OH is 1. The Morgan fingerprint density at radius 1 is 1.53 bits per heavy atom. The predicted octanol–water partition coefficient (Wildman–Crippen LogP) is 1.26. The number of unbranched alkanes of at least 4 members (excludes halogenated alkanes) is 2. The number of nitrogens with zero attached hydrogens (tertiary/aromatic N) is 3. The first-order valence-electron chi connectivity index (χ1n) is 4.94. The molecule has 0 atom stereocenters. The molecular formula is C9H15N3O3. The first kappa shape index (κ1) is 11.6. The van der Waals surface area contributed by atoms with Gasteiger partial charge in [0.1, 0.15) is 0 Å². The standard InChI is InChI=1S/C9H15N3O3/c1-8-7-11(5-3-2-4-6-13)10-9(8)12(14)15/h7,13H,2-6H2,1H3. The first-order valence-corrected chi connectivity index (χ1v) is 4.94. The van der Waals surface area contributed by atoms with Gasteiger partial charge < -0.3 is 15.2 Å². The zero-order valence-electron chi connectivity index (χ0n) is 8.72. The van der Waals surface area contributed by atoms with Crippen molar-refractivity contribution in [2.45, 2.75) is 32.7 Å². The summed E-state index contributed by atoms with van der Waals surface area (Å²) in [7, 11) is 0. The Balaban J connectivity index is 2.48. The van der Waals surface area contributed by atoms with Gasteiger partial charge in [-0.1, -0.05) is 0 Å². The van der Waals surface area contributed by atoms with E-state index < -0.39 is 4.92 Å². The molecule has 0 saturated heterocycles. The third-order valence-corrected chi connectivity index (χ3v) is 2.14. The van der Waals surface area contributed by atoms with Crippen LogP contribution in [0.4, 0.5) is 5.82 Å². The maximum absolute atomic E-state index is 10.5. The second-order valence-electron chi connectivity index (χ2n) is 3.44. The van der Waals surface area contributed by atoms with Crippen LogP contribution in [0.5, 0.6) is 0 Å². The van der Waals surface area contributed by atoms with E-state index in [0.29, 0.717) is 12.1 Å². The van der Waals surface area contributed by atoms with Gasteiger partial charge in [-0.3, -0.25) is 0 Å². The first-order chi connectivity index (χ1) is 7.15. The van der Waals surface area contributed by atoms with Crippen LogP contribution in [0, 0.1) is 17.0 Å². The summed E-state index contributed by atoms with van der Waals surface area (Å²) in [4.78, 5) is 10.0. The van der Waals surface area contributed by atoms with Gasteiger partial charge in [0.05, 0.1) is 23.4 Å². The van der Waals surface area contributed by atoms with Crippen LogP contribution in [0.25, 0.3) is 0 Å². The van der Waals surface area contributed by atoms with Crippen LogP contribution in [0.3, 0.4) is 0 Å². The smallest absolute Gasteiger partial charge is 0.392 e. The number of aliphatic hydroxyl groups is 1. The maximum Gasteiger partial charge on any atom is 0.392 e. The van der Waals surface area contributed by atoms with E-state index in [0.717, 1.165) is 19.3 Å². The van der Waals surface area contributed by atoms with Gasteiger partial charge in [-0.05, 0) is 31.1 Å². The molecule has 15 heavy (non-hydrogen) atoms. The zero-order chi connectivity index (χ0) is 11.3. The molecule has 1 rings (SSSR count). The fourth-order valence-corrected chi connectivity index (χ4v) is 1.37. The lowest BCUT2D eigenvalue weighted by molar-refractivity contribution is -0.390. The summed E-state index contributed by atoms with van der Waals surface area (Å²) in [6.45, 7) is 2.53. The summed E-state index contributed by atoms with van der Waals surface area (Å²) in [6.07, 6.45) is 4.22. The number of aromatic nitrogens is 2. The Bertz CT molecular complexity index is 335. The highest BCUT2D eigenvalue weighted by molar-refractivity contribution is 5.27. The van der Waals surface area contributed by atoms with Crippen molar-refractivity contribution in [3.8, 4) is 0 Å². The molecule has 1 aromatic rings. The molecule has 0 aliphatic carbocycles. The van der Waals surface area contributed by atoms with Gasteiger partial charge in [0.15, 0.2) is 0 Å². The van der Waals surface area contributed by atoms with Crippen LogP contribution in [0.15, 0.2) is 6.20 Å². The quantitative estimate of drug-likeness (QED) is 0.438. The summed E-state index contributed by atoms with van der Waals surface area (Å²) in [5.74, 6) is -0.0721. The number of nitro groups is 1. The third kappa shape index (κ3) is 3.32. The second kappa shape index (κ2) is 5.45. The van der Waals surface area contributed by atoms with E-state index in [9.17, 15) is 10.1 Å². The van der Waals surface area contributed by atoms with E-state index in [4.69, 9.17) is 5.11 Å². The van der Waals surface area contributed by atoms with Gasteiger partial charge in [0.2, 0.25) is 0 Å². The average molecular weight is 213 g/mol. The highest BCUT2D eigenvalue weighted by Gasteiger charge is 2.16. The van der Waals surface area contributed by atoms with Gasteiger partial charge in [-0.2, -0.15) is 4.68 Å². The fraction of sp³-hybridized carbons (Fsp3) is 0.667. The highest BCUT2D eigenvalue weighted by atomic mass is 16.6. The lowest BCUT2D eigenvalue weighted by atomic mass is 10.2. The van der Waals surface area contributed by atoms with Gasteiger partial charge in [0, 0.05) is 6.61 Å². The Kier molecular flexibility index (Phi) is 4.23. The molecule has 0 saturated carbocycles. The normalized spacial score (nSPS) is 10.5. The van der Waals surface area contributed by atoms with Crippen molar-refractivity contribution in [3.63, 3.8) is 0 Å². The van der Waals surface area contributed by atoms with Crippen molar-refractivity contribution >= 4 is 5.82 Å². The van der Waals surface area contributed by atoms with Crippen molar-refractivity contribution in [1.29, 1.82) is 0 Å². The second-order valence-corrected chi connectivity index (χ2v) is 3.44. The van der Waals surface area contributed by atoms with Crippen LogP contribution < -0.4 is 0 Å². The fourth-order valence-electron chi connectivity index (χ4n) is 1.37. The monoisotopic (exact) mass is 213 g/mol. The molecule has 0 spiro atoms. The molecule has 0 radical (unpaired) electrons. The van der Waals surface area contributed by atoms with Gasteiger partial charge >= 0.3 is 5.82 Å². The molecule has 0 amide bonds. The van der Waals surface area contributed by atoms with E-state index >= 15 is 0 Å². The molecule has 0 fully saturated rings. The Labute approximate surface area is 87.7 Å². The molecule has 1 heterocycles. The number of hydrogen-bond acceptors (Lipinski definition) is 4. The van der Waals surface area contributed by atoms with E-state index in [1.165, 1.54) is 0 Å². The molecule has 0 aromatic carbocycles. The van der Waals surface area contributed by atoms with Crippen LogP contribution >= 0.6 is 0 Å². The number of hydrogen-bond donors (Lipinski definition) is 1. The average Bonchev–Trinajstić information content (AvgIpc) is 2.55. The SMILES string of the molecule is Cc1cn(CCCCCO)nc1[N+](=O)[O-]. The largest absolute Gasteiger partial charge is 0.396 e. The number of rotatable bonds is 6. The Morgan fingerprint density at radius 2 is 2.27 bits per heavy atom. The third-order valence-electron chi connectivity index (χ3n) is 2.14. The maximum atomic E-state index is 10.5. The topological polar surface area (TPSA) is 81.2 Å². The molecule has 6 heteroatoms. The zero-order valence-corrected chi connectivity index (χ0v) is 8.72.